The third-order valence-electron chi connectivity index (χ3n) is 20.4. The number of amides is 22. The molecule has 0 fully saturated rings. The lowest BCUT2D eigenvalue weighted by Crippen LogP contribution is -2.63. The second kappa shape index (κ2) is 60.3. The number of primary amides is 3. The first kappa shape index (κ1) is 121. The first-order valence-electron chi connectivity index (χ1n) is 43.1. The number of carbonyl (C=O) groups excluding carboxylic acids is 22. The van der Waals surface area contributed by atoms with Gasteiger partial charge in [-0.1, -0.05) is 78.3 Å². The molecule has 0 aliphatic rings. The van der Waals surface area contributed by atoms with E-state index < -0.39 is 357 Å². The molecule has 20 atom stereocenters. The van der Waals surface area contributed by atoms with Gasteiger partial charge in [0, 0.05) is 37.0 Å². The van der Waals surface area contributed by atoms with E-state index in [0.29, 0.717) is 5.56 Å². The highest BCUT2D eigenvalue weighted by Crippen LogP contribution is 2.15. The van der Waals surface area contributed by atoms with Gasteiger partial charge in [-0.25, -0.2) is 4.98 Å². The van der Waals surface area contributed by atoms with Crippen molar-refractivity contribution in [1.29, 1.82) is 0 Å². The maximum Gasteiger partial charge on any atom is 0.322 e. The summed E-state index contributed by atoms with van der Waals surface area (Å²) in [4.78, 5) is 338. The summed E-state index contributed by atoms with van der Waals surface area (Å²) >= 11 is 8.21. The molecule has 0 unspecified atom stereocenters. The molecule has 34 N–H and O–H groups in total. The van der Waals surface area contributed by atoms with Gasteiger partial charge in [-0.2, -0.15) is 25.3 Å². The van der Waals surface area contributed by atoms with Crippen LogP contribution in [0.1, 0.15) is 125 Å². The normalized spacial score (nSPS) is 15.4. The zero-order valence-corrected chi connectivity index (χ0v) is 79.2. The Morgan fingerprint density at radius 1 is 0.367 bits per heavy atom. The fourth-order valence-corrected chi connectivity index (χ4v) is 12.8. The minimum absolute atomic E-state index is 0.133. The molecule has 0 bridgehead atoms. The highest BCUT2D eigenvalue weighted by Gasteiger charge is 2.41. The van der Waals surface area contributed by atoms with Crippen LogP contribution in [0.2, 0.25) is 0 Å². The lowest BCUT2D eigenvalue weighted by molar-refractivity contribution is -0.141. The molecule has 0 spiro atoms. The monoisotopic (exact) mass is 2010 g/mol. The quantitative estimate of drug-likeness (QED) is 0.0274. The van der Waals surface area contributed by atoms with Gasteiger partial charge >= 0.3 is 17.9 Å². The zero-order valence-electron chi connectivity index (χ0n) is 77.4. The number of carboxylic acid groups (broad SMARTS) is 3. The number of H-pyrrole nitrogens is 1. The Balaban J connectivity index is 2.30. The number of nitrogens with zero attached hydrogens (tertiary/aromatic N) is 1. The highest BCUT2D eigenvalue weighted by molar-refractivity contribution is 7.80. The van der Waals surface area contributed by atoms with Crippen molar-refractivity contribution in [3.8, 4) is 0 Å². The van der Waals surface area contributed by atoms with E-state index in [2.05, 4.69) is 136 Å². The van der Waals surface area contributed by atoms with Crippen LogP contribution in [0.4, 0.5) is 0 Å². The Labute approximate surface area is 805 Å². The molecule has 1 aromatic heterocycles. The second-order valence-corrected chi connectivity index (χ2v) is 33.3. The van der Waals surface area contributed by atoms with Gasteiger partial charge in [0.25, 0.3) is 0 Å². The van der Waals surface area contributed by atoms with E-state index in [9.17, 15) is 145 Å². The number of rotatable bonds is 63. The number of nitrogens with one attached hydrogen (secondary N) is 20. The number of imidazole rings is 1. The van der Waals surface area contributed by atoms with Crippen molar-refractivity contribution in [2.24, 2.45) is 40.7 Å². The first-order valence-corrected chi connectivity index (χ1v) is 44.4. The molecule has 0 saturated heterocycles. The van der Waals surface area contributed by atoms with Crippen LogP contribution in [-0.4, -0.2) is 341 Å². The number of aliphatic hydroxyl groups is 3. The van der Waals surface area contributed by atoms with E-state index in [-0.39, 0.29) is 25.0 Å². The molecule has 139 heavy (non-hydrogen) atoms. The Morgan fingerprint density at radius 3 is 1.18 bits per heavy atom. The minimum Gasteiger partial charge on any atom is -0.481 e. The van der Waals surface area contributed by atoms with Crippen molar-refractivity contribution in [1.82, 2.24) is 111 Å². The van der Waals surface area contributed by atoms with Gasteiger partial charge in [-0.05, 0) is 57.4 Å². The molecule has 0 saturated carbocycles. The van der Waals surface area contributed by atoms with Crippen molar-refractivity contribution in [3.63, 3.8) is 0 Å². The van der Waals surface area contributed by atoms with Crippen molar-refractivity contribution >= 4 is 173 Å². The summed E-state index contributed by atoms with van der Waals surface area (Å²) in [6.07, 6.45) is -5.33. The number of benzene rings is 1. The number of thiol groups is 2. The first-order chi connectivity index (χ1) is 65.0. The van der Waals surface area contributed by atoms with E-state index in [4.69, 9.17) is 28.0 Å². The third kappa shape index (κ3) is 43.3. The Bertz CT molecular complexity index is 4690. The molecule has 2 rings (SSSR count). The predicted molar refractivity (Wildman–Crippen MR) is 487 cm³/mol. The van der Waals surface area contributed by atoms with Gasteiger partial charge in [-0.15, -0.1) is 0 Å². The van der Waals surface area contributed by atoms with Gasteiger partial charge in [0.15, 0.2) is 0 Å². The van der Waals surface area contributed by atoms with Crippen LogP contribution < -0.4 is 124 Å². The van der Waals surface area contributed by atoms with E-state index >= 15 is 0 Å². The van der Waals surface area contributed by atoms with Crippen molar-refractivity contribution < 1.29 is 151 Å². The lowest BCUT2D eigenvalue weighted by atomic mass is 9.96. The largest absolute Gasteiger partial charge is 0.481 e. The molecule has 56 nitrogen and oxygen atoms in total. The number of hydrogen-bond acceptors (Lipinski definition) is 32. The van der Waals surface area contributed by atoms with E-state index in [1.54, 1.807) is 39.0 Å². The maximum absolute atomic E-state index is 14.4. The summed E-state index contributed by atoms with van der Waals surface area (Å²) in [5.41, 5.74) is 22.7. The van der Waals surface area contributed by atoms with Crippen molar-refractivity contribution in [2.45, 2.75) is 242 Å². The molecule has 2 aromatic rings. The standard InChI is InChI=1S/C81H125N25O31S2/c1-11-35(6)62(105-73(129)48(24-58(116)117)97-78(134)60(85)33(2)3)80(136)99-47(23-55(84)112)70(126)96-45(21-53(82)110)67(123)87-26-56(113)93-42(17-18-57(114)115)68(124)100-50(29-108)75(131)104-61(34(4)5)79(135)98-43(19-40-15-13-12-14-16-40)72(128)106-63(39(10)109)81(137)92-38(9)65(121)94-46(22-54(83)111)71(127)103-52(31-139)77(133)101-49(28-107)74(130)91-37(8)66(122)102-51(30-138)76(132)95-44(20-41-25-86-32-89-41)69(125)90-36(7)64(120)88-27-59(118)119/h12-16,25,32-39,42-52,60-63,107-109,138-139H,11,17-24,26-31,85H2,1-10H3,(H2,82,110)(H2,83,111)(H2,84,112)(H,86,89)(H,87,123)(H,88,120)(H,90,125)(H,91,130)(H,92,137)(H,93,113)(H,94,121)(H,95,132)(H,96,126)(H,97,134)(H,98,135)(H,99,136)(H,100,124)(H,101,133)(H,102,122)(H,103,127)(H,104,131)(H,105,129)(H,106,128)(H,114,115)(H,116,117)(H,118,119)/t35-,36-,37-,38-,39+,42-,43-,44-,45-,46-,47-,48-,49-,50-,51-,52-,60-,61-,62-,63-/m0/s1. The zero-order chi connectivity index (χ0) is 106. The second-order valence-electron chi connectivity index (χ2n) is 32.6. The number of aromatic amines is 1. The third-order valence-corrected chi connectivity index (χ3v) is 21.2. The summed E-state index contributed by atoms with van der Waals surface area (Å²) < 4.78 is 0. The molecule has 1 heterocycles. The van der Waals surface area contributed by atoms with Crippen LogP contribution in [0.25, 0.3) is 0 Å². The van der Waals surface area contributed by atoms with Crippen molar-refractivity contribution in [3.05, 3.63) is 54.1 Å². The van der Waals surface area contributed by atoms with Gasteiger partial charge in [0.1, 0.15) is 109 Å². The van der Waals surface area contributed by atoms with E-state index in [0.717, 1.165) is 20.8 Å². The minimum atomic E-state index is -2.04. The topological polar surface area (TPSA) is 909 Å². The summed E-state index contributed by atoms with van der Waals surface area (Å²) in [7, 11) is 0. The fourth-order valence-electron chi connectivity index (χ4n) is 12.2. The molecule has 0 aliphatic heterocycles. The Hall–Kier alpha value is -14.3. The summed E-state index contributed by atoms with van der Waals surface area (Å²) in [5.74, 6) is -33.9. The fraction of sp³-hybridized carbons (Fsp3) is 0.580. The van der Waals surface area contributed by atoms with E-state index in [1.807, 2.05) is 0 Å². The van der Waals surface area contributed by atoms with Gasteiger partial charge < -0.3 is 160 Å². The SMILES string of the molecule is CC[C@H](C)[C@H](NC(=O)[C@H](CC(=O)O)NC(=O)[C@@H](N)C(C)C)C(=O)N[C@@H](CC(N)=O)C(=O)N[C@@H](CC(N)=O)C(=O)NCC(=O)N[C@@H](CCC(=O)O)C(=O)N[C@@H](CO)C(=O)N[C@H](C(=O)N[C@@H](Cc1ccccc1)C(=O)N[C@H](C(=O)N[C@@H](C)C(=O)N[C@@H](CC(N)=O)C(=O)N[C@@H](CS)C(=O)N[C@@H](CO)C(=O)N[C@@H](C)C(=O)N[C@@H](CS)C(=O)N[C@@H](Cc1c[nH]cn1)C(=O)N[C@@H](C)C(=O)NCC(=O)O)[C@@H](C)O)C(C)C. The molecular formula is C81H125N25O31S2. The molecule has 58 heteroatoms. The molecule has 22 amide bonds. The average molecular weight is 2010 g/mol. The number of aliphatic hydroxyl groups excluding tert-OH is 3. The summed E-state index contributed by atoms with van der Waals surface area (Å²) in [5, 5.41) is 102. The number of carbonyl (C=O) groups is 25. The summed E-state index contributed by atoms with van der Waals surface area (Å²) in [6, 6.07) is -23.5. The van der Waals surface area contributed by atoms with Crippen LogP contribution in [0.15, 0.2) is 42.9 Å². The number of aliphatic carboxylic acids is 3. The van der Waals surface area contributed by atoms with Crippen LogP contribution in [0.3, 0.4) is 0 Å². The highest BCUT2D eigenvalue weighted by atomic mass is 32.1. The lowest BCUT2D eigenvalue weighted by Gasteiger charge is -2.29. The molecule has 0 aliphatic carbocycles. The summed E-state index contributed by atoms with van der Waals surface area (Å²) in [6.45, 7) is 9.09. The van der Waals surface area contributed by atoms with Crippen molar-refractivity contribution in [2.75, 3.05) is 37.8 Å². The smallest absolute Gasteiger partial charge is 0.322 e. The van der Waals surface area contributed by atoms with Gasteiger partial charge in [-0.3, -0.25) is 120 Å². The number of hydrogen-bond donors (Lipinski definition) is 32. The Kier molecular flexibility index (Phi) is 52.4. The van der Waals surface area contributed by atoms with Crippen LogP contribution in [0.5, 0.6) is 0 Å². The number of nitrogens with two attached hydrogens (primary N) is 4. The van der Waals surface area contributed by atoms with E-state index in [1.165, 1.54) is 52.4 Å². The predicted octanol–water partition coefficient (Wildman–Crippen LogP) is -14.3. The number of aromatic nitrogens is 2. The molecule has 772 valence electrons. The molecule has 1 aromatic carbocycles. The number of carboxylic acids is 3. The average Bonchev–Trinajstić information content (AvgIpc) is 1.07. The van der Waals surface area contributed by atoms with Crippen LogP contribution in [0, 0.1) is 17.8 Å². The van der Waals surface area contributed by atoms with Crippen LogP contribution >= 0.6 is 25.3 Å². The molecule has 0 radical (unpaired) electrons. The van der Waals surface area contributed by atoms with Crippen LogP contribution in [-0.2, 0) is 133 Å². The maximum atomic E-state index is 14.4. The Morgan fingerprint density at radius 2 is 0.727 bits per heavy atom. The van der Waals surface area contributed by atoms with Gasteiger partial charge in [0.2, 0.25) is 130 Å². The van der Waals surface area contributed by atoms with Gasteiger partial charge in [0.05, 0.1) is 69.6 Å². The molecular weight excluding hydrogens is 1880 g/mol.